The molecule has 0 saturated carbocycles. The van der Waals surface area contributed by atoms with Crippen molar-refractivity contribution in [3.8, 4) is 11.3 Å². The molecular weight excluding hydrogens is 292 g/mol. The number of rotatable bonds is 5. The van der Waals surface area contributed by atoms with Gasteiger partial charge in [-0.05, 0) is 38.1 Å². The first-order chi connectivity index (χ1) is 11.3. The summed E-state index contributed by atoms with van der Waals surface area (Å²) in [4.78, 5) is 18.6. The summed E-state index contributed by atoms with van der Waals surface area (Å²) in [6.45, 7) is 3.78. The Morgan fingerprint density at radius 2 is 2.09 bits per heavy atom. The molecule has 1 saturated heterocycles. The van der Waals surface area contributed by atoms with Crippen LogP contribution in [0.15, 0.2) is 35.1 Å². The molecule has 1 amide bonds. The molecule has 1 N–H and O–H groups in total. The molecule has 6 heteroatoms. The maximum Gasteiger partial charge on any atom is 0.273 e. The molecule has 0 unspecified atom stereocenters. The number of aromatic nitrogens is 2. The van der Waals surface area contributed by atoms with Crippen LogP contribution in [0, 0.1) is 0 Å². The molecule has 0 aliphatic carbocycles. The molecule has 2 aromatic heterocycles. The van der Waals surface area contributed by atoms with Gasteiger partial charge in [0.15, 0.2) is 11.5 Å². The van der Waals surface area contributed by atoms with Crippen LogP contribution in [0.4, 0.5) is 0 Å². The van der Waals surface area contributed by atoms with Crippen LogP contribution < -0.4 is 5.32 Å². The van der Waals surface area contributed by atoms with Gasteiger partial charge in [-0.3, -0.25) is 9.78 Å². The number of hydrogen-bond donors (Lipinski definition) is 1. The Balaban J connectivity index is 1.49. The minimum absolute atomic E-state index is 0.196. The smallest absolute Gasteiger partial charge is 0.273 e. The third kappa shape index (κ3) is 4.39. The molecule has 1 aliphatic heterocycles. The van der Waals surface area contributed by atoms with Crippen LogP contribution in [0.2, 0.25) is 0 Å². The molecule has 6 nitrogen and oxygen atoms in total. The van der Waals surface area contributed by atoms with Crippen LogP contribution in [0.25, 0.3) is 11.3 Å². The van der Waals surface area contributed by atoms with E-state index in [2.05, 4.69) is 20.4 Å². The van der Waals surface area contributed by atoms with E-state index in [1.807, 2.05) is 12.1 Å². The second kappa shape index (κ2) is 7.87. The van der Waals surface area contributed by atoms with Gasteiger partial charge < -0.3 is 14.7 Å². The zero-order valence-corrected chi connectivity index (χ0v) is 13.2. The van der Waals surface area contributed by atoms with Gasteiger partial charge in [0.05, 0.1) is 0 Å². The van der Waals surface area contributed by atoms with E-state index in [1.165, 1.54) is 25.7 Å². The van der Waals surface area contributed by atoms with Crippen LogP contribution >= 0.6 is 0 Å². The third-order valence-electron chi connectivity index (χ3n) is 4.10. The normalized spacial score (nSPS) is 16.0. The van der Waals surface area contributed by atoms with Gasteiger partial charge in [0.25, 0.3) is 5.91 Å². The van der Waals surface area contributed by atoms with Gasteiger partial charge in [-0.15, -0.1) is 0 Å². The molecule has 0 spiro atoms. The van der Waals surface area contributed by atoms with E-state index in [4.69, 9.17) is 4.52 Å². The zero-order chi connectivity index (χ0) is 15.9. The number of carbonyl (C=O) groups excluding carboxylic acids is 1. The Morgan fingerprint density at radius 1 is 1.26 bits per heavy atom. The summed E-state index contributed by atoms with van der Waals surface area (Å²) >= 11 is 0. The lowest BCUT2D eigenvalue weighted by molar-refractivity contribution is 0.0939. The average molecular weight is 314 g/mol. The summed E-state index contributed by atoms with van der Waals surface area (Å²) < 4.78 is 5.22. The van der Waals surface area contributed by atoms with E-state index in [9.17, 15) is 4.79 Å². The molecule has 1 aliphatic rings. The van der Waals surface area contributed by atoms with Crippen LogP contribution in [-0.2, 0) is 0 Å². The Bertz CT molecular complexity index is 619. The molecule has 23 heavy (non-hydrogen) atoms. The van der Waals surface area contributed by atoms with Crippen molar-refractivity contribution in [2.45, 2.75) is 25.7 Å². The Kier molecular flexibility index (Phi) is 5.37. The number of pyridine rings is 1. The summed E-state index contributed by atoms with van der Waals surface area (Å²) in [6.07, 6.45) is 8.52. The van der Waals surface area contributed by atoms with Crippen molar-refractivity contribution >= 4 is 5.91 Å². The largest absolute Gasteiger partial charge is 0.355 e. The number of nitrogens with one attached hydrogen (secondary N) is 1. The van der Waals surface area contributed by atoms with Crippen molar-refractivity contribution < 1.29 is 9.32 Å². The number of nitrogens with zero attached hydrogens (tertiary/aromatic N) is 3. The molecule has 2 aromatic rings. The summed E-state index contributed by atoms with van der Waals surface area (Å²) in [7, 11) is 0. The van der Waals surface area contributed by atoms with Crippen molar-refractivity contribution in [2.24, 2.45) is 0 Å². The molecule has 0 radical (unpaired) electrons. The van der Waals surface area contributed by atoms with Crippen molar-refractivity contribution in [1.29, 1.82) is 0 Å². The second-order valence-corrected chi connectivity index (χ2v) is 5.83. The average Bonchev–Trinajstić information content (AvgIpc) is 2.94. The first kappa shape index (κ1) is 15.7. The summed E-state index contributed by atoms with van der Waals surface area (Å²) in [5.41, 5.74) is 1.11. The number of amides is 1. The Hall–Kier alpha value is -2.21. The van der Waals surface area contributed by atoms with Crippen molar-refractivity contribution in [1.82, 2.24) is 20.4 Å². The van der Waals surface area contributed by atoms with Gasteiger partial charge in [0.1, 0.15) is 0 Å². The molecule has 0 aromatic carbocycles. The molecule has 122 valence electrons. The lowest BCUT2D eigenvalue weighted by Gasteiger charge is -2.19. The van der Waals surface area contributed by atoms with E-state index < -0.39 is 0 Å². The second-order valence-electron chi connectivity index (χ2n) is 5.83. The summed E-state index contributed by atoms with van der Waals surface area (Å²) in [5, 5.41) is 6.76. The van der Waals surface area contributed by atoms with Crippen LogP contribution in [0.3, 0.4) is 0 Å². The van der Waals surface area contributed by atoms with Crippen molar-refractivity contribution in [3.05, 3.63) is 36.3 Å². The van der Waals surface area contributed by atoms with E-state index in [-0.39, 0.29) is 5.91 Å². The summed E-state index contributed by atoms with van der Waals surface area (Å²) in [5.74, 6) is 0.356. The highest BCUT2D eigenvalue weighted by atomic mass is 16.5. The highest BCUT2D eigenvalue weighted by Crippen LogP contribution is 2.18. The lowest BCUT2D eigenvalue weighted by atomic mass is 10.2. The number of hydrogen-bond acceptors (Lipinski definition) is 5. The summed E-state index contributed by atoms with van der Waals surface area (Å²) in [6, 6.07) is 5.34. The molecule has 0 atom stereocenters. The molecule has 3 heterocycles. The van der Waals surface area contributed by atoms with Gasteiger partial charge in [-0.25, -0.2) is 0 Å². The van der Waals surface area contributed by atoms with Gasteiger partial charge >= 0.3 is 0 Å². The van der Waals surface area contributed by atoms with Gasteiger partial charge in [-0.2, -0.15) is 0 Å². The fourth-order valence-electron chi connectivity index (χ4n) is 2.80. The maximum atomic E-state index is 12.1. The van der Waals surface area contributed by atoms with Crippen molar-refractivity contribution in [2.75, 3.05) is 26.2 Å². The first-order valence-electron chi connectivity index (χ1n) is 8.20. The van der Waals surface area contributed by atoms with Gasteiger partial charge in [-0.1, -0.05) is 18.0 Å². The molecule has 0 bridgehead atoms. The van der Waals surface area contributed by atoms with E-state index in [0.717, 1.165) is 25.2 Å². The van der Waals surface area contributed by atoms with Crippen molar-refractivity contribution in [3.63, 3.8) is 0 Å². The Morgan fingerprint density at radius 3 is 2.83 bits per heavy atom. The van der Waals surface area contributed by atoms with Crippen LogP contribution in [-0.4, -0.2) is 47.1 Å². The topological polar surface area (TPSA) is 71.3 Å². The molecule has 1 fully saturated rings. The zero-order valence-electron chi connectivity index (χ0n) is 13.2. The fraction of sp³-hybridized carbons (Fsp3) is 0.471. The van der Waals surface area contributed by atoms with E-state index in [1.54, 1.807) is 18.5 Å². The highest BCUT2D eigenvalue weighted by molar-refractivity contribution is 5.93. The third-order valence-corrected chi connectivity index (χ3v) is 4.10. The SMILES string of the molecule is O=C(NCCN1CCCCCC1)c1cc(-c2cccnc2)on1. The quantitative estimate of drug-likeness (QED) is 0.917. The monoisotopic (exact) mass is 314 g/mol. The first-order valence-corrected chi connectivity index (χ1v) is 8.20. The maximum absolute atomic E-state index is 12.1. The molecular formula is C17H22N4O2. The van der Waals surface area contributed by atoms with Crippen LogP contribution in [0.1, 0.15) is 36.2 Å². The predicted molar refractivity (Wildman–Crippen MR) is 87.0 cm³/mol. The fourth-order valence-corrected chi connectivity index (χ4v) is 2.80. The predicted octanol–water partition coefficient (Wildman–Crippen LogP) is 2.34. The number of likely N-dealkylation sites (tertiary alicyclic amines) is 1. The van der Waals surface area contributed by atoms with E-state index in [0.29, 0.717) is 18.0 Å². The Labute approximate surface area is 135 Å². The number of carbonyl (C=O) groups is 1. The van der Waals surface area contributed by atoms with Gasteiger partial charge in [0.2, 0.25) is 0 Å². The minimum atomic E-state index is -0.196. The van der Waals surface area contributed by atoms with Crippen LogP contribution in [0.5, 0.6) is 0 Å². The minimum Gasteiger partial charge on any atom is -0.355 e. The highest BCUT2D eigenvalue weighted by Gasteiger charge is 2.14. The standard InChI is InChI=1S/C17H22N4O2/c22-17(19-8-11-21-9-3-1-2-4-10-21)15-12-16(23-20-15)14-6-5-7-18-13-14/h5-7,12-13H,1-4,8-11H2,(H,19,22). The molecule has 3 rings (SSSR count). The lowest BCUT2D eigenvalue weighted by Crippen LogP contribution is -2.35. The van der Waals surface area contributed by atoms with Gasteiger partial charge in [0, 0.05) is 37.1 Å². The van der Waals surface area contributed by atoms with E-state index >= 15 is 0 Å².